The Labute approximate surface area is 86.3 Å². The van der Waals surface area contributed by atoms with Gasteiger partial charge < -0.3 is 0 Å². The van der Waals surface area contributed by atoms with Crippen molar-refractivity contribution < 1.29 is 0 Å². The first-order valence-corrected chi connectivity index (χ1v) is 6.91. The lowest BCUT2D eigenvalue weighted by Crippen LogP contribution is -2.06. The molecule has 0 saturated heterocycles. The van der Waals surface area contributed by atoms with Gasteiger partial charge in [0.15, 0.2) is 0 Å². The normalized spacial score (nSPS) is 19.8. The summed E-state index contributed by atoms with van der Waals surface area (Å²) in [4.78, 5) is 0. The number of thioether (sulfide) groups is 1. The highest BCUT2D eigenvalue weighted by atomic mass is 32.2. The second-order valence-corrected chi connectivity index (χ2v) is 5.53. The Hall–Kier alpha value is 0.700. The molecular formula is C10H20S2. The van der Waals surface area contributed by atoms with E-state index in [4.69, 9.17) is 0 Å². The van der Waals surface area contributed by atoms with Crippen LogP contribution in [0, 0.1) is 5.92 Å². The fourth-order valence-electron chi connectivity index (χ4n) is 2.01. The molecule has 0 nitrogen and oxygen atoms in total. The van der Waals surface area contributed by atoms with Crippen LogP contribution in [0.15, 0.2) is 0 Å². The maximum atomic E-state index is 4.18. The van der Waals surface area contributed by atoms with Crippen molar-refractivity contribution in [1.29, 1.82) is 0 Å². The van der Waals surface area contributed by atoms with Crippen LogP contribution in [0.5, 0.6) is 0 Å². The summed E-state index contributed by atoms with van der Waals surface area (Å²) in [6.45, 7) is 0. The fraction of sp³-hybridized carbons (Fsp3) is 1.00. The Kier molecular flexibility index (Phi) is 6.41. The minimum atomic E-state index is 0.991. The monoisotopic (exact) mass is 204 g/mol. The first-order chi connectivity index (χ1) is 5.93. The lowest BCUT2D eigenvalue weighted by molar-refractivity contribution is 0.337. The first kappa shape index (κ1) is 10.8. The van der Waals surface area contributed by atoms with E-state index in [1.165, 1.54) is 50.7 Å². The van der Waals surface area contributed by atoms with Crippen LogP contribution < -0.4 is 0 Å². The molecule has 0 aromatic rings. The molecular weight excluding hydrogens is 184 g/mol. The Morgan fingerprint density at radius 1 is 1.17 bits per heavy atom. The molecule has 1 saturated carbocycles. The van der Waals surface area contributed by atoms with Crippen molar-refractivity contribution in [1.82, 2.24) is 0 Å². The zero-order chi connectivity index (χ0) is 8.65. The number of hydrogen-bond donors (Lipinski definition) is 1. The average molecular weight is 204 g/mol. The summed E-state index contributed by atoms with van der Waals surface area (Å²) in [6.07, 6.45) is 10.4. The van der Waals surface area contributed by atoms with Crippen LogP contribution in [-0.2, 0) is 0 Å². The maximum absolute atomic E-state index is 4.18. The summed E-state index contributed by atoms with van der Waals surface area (Å²) < 4.78 is 0. The van der Waals surface area contributed by atoms with Gasteiger partial charge in [0.25, 0.3) is 0 Å². The molecule has 0 radical (unpaired) electrons. The zero-order valence-electron chi connectivity index (χ0n) is 7.80. The van der Waals surface area contributed by atoms with E-state index in [1.807, 2.05) is 11.8 Å². The molecule has 2 heteroatoms. The fourth-order valence-corrected chi connectivity index (χ4v) is 2.90. The molecule has 0 amide bonds. The lowest BCUT2D eigenvalue weighted by atomic mass is 9.86. The summed E-state index contributed by atoms with van der Waals surface area (Å²) in [5.41, 5.74) is 0. The van der Waals surface area contributed by atoms with Crippen LogP contribution in [0.4, 0.5) is 0 Å². The summed E-state index contributed by atoms with van der Waals surface area (Å²) in [5.74, 6) is 2.39. The van der Waals surface area contributed by atoms with Crippen LogP contribution in [-0.4, -0.2) is 10.8 Å². The molecule has 0 N–H and O–H groups in total. The van der Waals surface area contributed by atoms with Crippen LogP contribution >= 0.6 is 24.4 Å². The molecule has 0 aromatic heterocycles. The Morgan fingerprint density at radius 3 is 2.58 bits per heavy atom. The SMILES string of the molecule is SCSCCCC1CCCCC1. The third-order valence-electron chi connectivity index (χ3n) is 2.72. The maximum Gasteiger partial charge on any atom is 0.0361 e. The van der Waals surface area contributed by atoms with E-state index in [0.29, 0.717) is 0 Å². The van der Waals surface area contributed by atoms with Crippen LogP contribution in [0.3, 0.4) is 0 Å². The van der Waals surface area contributed by atoms with Crippen molar-refractivity contribution in [2.75, 3.05) is 10.8 Å². The molecule has 0 atom stereocenters. The Morgan fingerprint density at radius 2 is 1.92 bits per heavy atom. The van der Waals surface area contributed by atoms with Gasteiger partial charge in [-0.1, -0.05) is 32.1 Å². The van der Waals surface area contributed by atoms with Crippen molar-refractivity contribution in [2.45, 2.75) is 44.9 Å². The van der Waals surface area contributed by atoms with Crippen molar-refractivity contribution in [3.8, 4) is 0 Å². The van der Waals surface area contributed by atoms with Gasteiger partial charge in [-0.05, 0) is 24.5 Å². The Balaban J connectivity index is 1.91. The molecule has 1 rings (SSSR count). The third-order valence-corrected chi connectivity index (χ3v) is 4.02. The van der Waals surface area contributed by atoms with E-state index in [0.717, 1.165) is 11.0 Å². The summed E-state index contributed by atoms with van der Waals surface area (Å²) in [6, 6.07) is 0. The minimum Gasteiger partial charge on any atom is -0.168 e. The van der Waals surface area contributed by atoms with Crippen molar-refractivity contribution in [3.05, 3.63) is 0 Å². The topological polar surface area (TPSA) is 0 Å². The minimum absolute atomic E-state index is 0.991. The molecule has 0 spiro atoms. The highest BCUT2D eigenvalue weighted by molar-refractivity contribution is 8.09. The predicted molar refractivity (Wildman–Crippen MR) is 62.1 cm³/mol. The lowest BCUT2D eigenvalue weighted by Gasteiger charge is -2.20. The number of thiol groups is 1. The van der Waals surface area contributed by atoms with Gasteiger partial charge >= 0.3 is 0 Å². The van der Waals surface area contributed by atoms with Gasteiger partial charge in [0, 0.05) is 5.08 Å². The second kappa shape index (κ2) is 7.14. The van der Waals surface area contributed by atoms with Gasteiger partial charge in [0.2, 0.25) is 0 Å². The van der Waals surface area contributed by atoms with E-state index in [1.54, 1.807) is 0 Å². The van der Waals surface area contributed by atoms with E-state index >= 15 is 0 Å². The van der Waals surface area contributed by atoms with Gasteiger partial charge in [-0.15, -0.1) is 0 Å². The van der Waals surface area contributed by atoms with Gasteiger partial charge in [-0.25, -0.2) is 0 Å². The first-order valence-electron chi connectivity index (χ1n) is 5.12. The predicted octanol–water partition coefficient (Wildman–Crippen LogP) is 3.97. The summed E-state index contributed by atoms with van der Waals surface area (Å²) >= 11 is 6.14. The van der Waals surface area contributed by atoms with Gasteiger partial charge in [0.1, 0.15) is 0 Å². The molecule has 1 aliphatic rings. The zero-order valence-corrected chi connectivity index (χ0v) is 9.51. The average Bonchev–Trinajstić information content (AvgIpc) is 2.14. The van der Waals surface area contributed by atoms with Crippen LogP contribution in [0.1, 0.15) is 44.9 Å². The molecule has 72 valence electrons. The van der Waals surface area contributed by atoms with Gasteiger partial charge in [-0.2, -0.15) is 24.4 Å². The number of rotatable bonds is 5. The van der Waals surface area contributed by atoms with Crippen molar-refractivity contribution >= 4 is 24.4 Å². The van der Waals surface area contributed by atoms with Crippen molar-refractivity contribution in [2.24, 2.45) is 5.92 Å². The third kappa shape index (κ3) is 4.66. The smallest absolute Gasteiger partial charge is 0.0361 e. The second-order valence-electron chi connectivity index (χ2n) is 3.68. The van der Waals surface area contributed by atoms with Gasteiger partial charge in [0.05, 0.1) is 0 Å². The molecule has 1 aliphatic carbocycles. The molecule has 0 bridgehead atoms. The largest absolute Gasteiger partial charge is 0.168 e. The molecule has 0 heterocycles. The standard InChI is InChI=1S/C10H20S2/c11-9-12-8-4-7-10-5-2-1-3-6-10/h10-11H,1-9H2. The highest BCUT2D eigenvalue weighted by Gasteiger charge is 2.12. The van der Waals surface area contributed by atoms with E-state index in [-0.39, 0.29) is 0 Å². The number of hydrogen-bond acceptors (Lipinski definition) is 2. The highest BCUT2D eigenvalue weighted by Crippen LogP contribution is 2.27. The van der Waals surface area contributed by atoms with E-state index in [2.05, 4.69) is 12.6 Å². The van der Waals surface area contributed by atoms with Crippen LogP contribution in [0.2, 0.25) is 0 Å². The van der Waals surface area contributed by atoms with E-state index in [9.17, 15) is 0 Å². The van der Waals surface area contributed by atoms with E-state index < -0.39 is 0 Å². The Bertz CT molecular complexity index is 98.0. The summed E-state index contributed by atoms with van der Waals surface area (Å²) in [5, 5.41) is 0.991. The molecule has 0 aliphatic heterocycles. The van der Waals surface area contributed by atoms with Gasteiger partial charge in [-0.3, -0.25) is 0 Å². The van der Waals surface area contributed by atoms with Crippen molar-refractivity contribution in [3.63, 3.8) is 0 Å². The quantitative estimate of drug-likeness (QED) is 0.402. The molecule has 0 aromatic carbocycles. The molecule has 1 fully saturated rings. The molecule has 0 unspecified atom stereocenters. The molecule has 12 heavy (non-hydrogen) atoms. The van der Waals surface area contributed by atoms with Crippen LogP contribution in [0.25, 0.3) is 0 Å². The summed E-state index contributed by atoms with van der Waals surface area (Å²) in [7, 11) is 0.